The molecule has 0 aromatic heterocycles. The minimum absolute atomic E-state index is 0.000321. The number of thioether (sulfide) groups is 1. The molecule has 0 radical (unpaired) electrons. The van der Waals surface area contributed by atoms with Crippen molar-refractivity contribution in [2.75, 3.05) is 31.1 Å². The van der Waals surface area contributed by atoms with E-state index in [0.29, 0.717) is 31.8 Å². The molecule has 0 saturated carbocycles. The third kappa shape index (κ3) is 8.10. The van der Waals surface area contributed by atoms with E-state index in [1.165, 1.54) is 0 Å². The van der Waals surface area contributed by atoms with Crippen LogP contribution in [0.2, 0.25) is 0 Å². The number of hydrogen-bond donors (Lipinski definition) is 3. The largest absolute Gasteiger partial charge is 0.356 e. The van der Waals surface area contributed by atoms with E-state index >= 15 is 0 Å². The summed E-state index contributed by atoms with van der Waals surface area (Å²) >= 11 is 1.88. The molecule has 1 saturated heterocycles. The molecule has 0 spiro atoms. The summed E-state index contributed by atoms with van der Waals surface area (Å²) in [6, 6.07) is 0.272. The van der Waals surface area contributed by atoms with Gasteiger partial charge in [0, 0.05) is 50.0 Å². The van der Waals surface area contributed by atoms with Crippen LogP contribution < -0.4 is 16.0 Å². The molecule has 5 nitrogen and oxygen atoms in total. The van der Waals surface area contributed by atoms with Gasteiger partial charge in [0.1, 0.15) is 0 Å². The highest BCUT2D eigenvalue weighted by atomic mass is 32.2. The molecular weight excluding hydrogens is 262 g/mol. The average Bonchev–Trinajstić information content (AvgIpc) is 2.37. The van der Waals surface area contributed by atoms with Gasteiger partial charge in [-0.05, 0) is 5.92 Å². The molecule has 1 rings (SSSR count). The fraction of sp³-hybridized carbons (Fsp3) is 0.846. The van der Waals surface area contributed by atoms with Crippen molar-refractivity contribution in [3.63, 3.8) is 0 Å². The van der Waals surface area contributed by atoms with Crippen LogP contribution in [0.5, 0.6) is 0 Å². The monoisotopic (exact) mass is 287 g/mol. The van der Waals surface area contributed by atoms with Crippen molar-refractivity contribution in [2.24, 2.45) is 5.92 Å². The molecule has 1 unspecified atom stereocenters. The summed E-state index contributed by atoms with van der Waals surface area (Å²) in [4.78, 5) is 23.1. The van der Waals surface area contributed by atoms with Gasteiger partial charge in [0.15, 0.2) is 0 Å². The minimum atomic E-state index is 0.000321. The van der Waals surface area contributed by atoms with Crippen molar-refractivity contribution in [1.29, 1.82) is 0 Å². The summed E-state index contributed by atoms with van der Waals surface area (Å²) in [6.07, 6.45) is 0.853. The number of rotatable bonds is 7. The molecule has 0 aromatic carbocycles. The quantitative estimate of drug-likeness (QED) is 0.632. The molecule has 0 aromatic rings. The first kappa shape index (κ1) is 16.3. The van der Waals surface area contributed by atoms with Gasteiger partial charge in [-0.1, -0.05) is 13.8 Å². The molecule has 19 heavy (non-hydrogen) atoms. The number of nitrogens with one attached hydrogen (secondary N) is 3. The van der Waals surface area contributed by atoms with Crippen LogP contribution in [0.25, 0.3) is 0 Å². The second-order valence-corrected chi connectivity index (χ2v) is 6.38. The van der Waals surface area contributed by atoms with Crippen LogP contribution in [0.15, 0.2) is 0 Å². The third-order valence-corrected chi connectivity index (χ3v) is 3.94. The molecular formula is C13H25N3O2S. The fourth-order valence-electron chi connectivity index (χ4n) is 1.77. The van der Waals surface area contributed by atoms with Crippen molar-refractivity contribution in [3.8, 4) is 0 Å². The number of carbonyl (C=O) groups is 2. The van der Waals surface area contributed by atoms with Gasteiger partial charge in [-0.25, -0.2) is 0 Å². The van der Waals surface area contributed by atoms with E-state index in [9.17, 15) is 9.59 Å². The Hall–Kier alpha value is -0.750. The van der Waals surface area contributed by atoms with Crippen molar-refractivity contribution >= 4 is 23.6 Å². The Bertz CT molecular complexity index is 292. The molecule has 1 heterocycles. The molecule has 0 aliphatic carbocycles. The smallest absolute Gasteiger partial charge is 0.221 e. The van der Waals surface area contributed by atoms with Crippen molar-refractivity contribution in [3.05, 3.63) is 0 Å². The van der Waals surface area contributed by atoms with Gasteiger partial charge >= 0.3 is 0 Å². The summed E-state index contributed by atoms with van der Waals surface area (Å²) < 4.78 is 0. The maximum absolute atomic E-state index is 11.7. The van der Waals surface area contributed by atoms with Gasteiger partial charge in [-0.3, -0.25) is 9.59 Å². The number of carbonyl (C=O) groups excluding carboxylic acids is 2. The van der Waals surface area contributed by atoms with E-state index in [1.54, 1.807) is 0 Å². The van der Waals surface area contributed by atoms with Crippen molar-refractivity contribution < 1.29 is 9.59 Å². The highest BCUT2D eigenvalue weighted by Crippen LogP contribution is 2.09. The van der Waals surface area contributed by atoms with Gasteiger partial charge in [-0.2, -0.15) is 11.8 Å². The second-order valence-electron chi connectivity index (χ2n) is 5.23. The Morgan fingerprint density at radius 2 is 2.11 bits per heavy atom. The first-order valence-electron chi connectivity index (χ1n) is 6.92. The lowest BCUT2D eigenvalue weighted by Gasteiger charge is -2.22. The highest BCUT2D eigenvalue weighted by Gasteiger charge is 2.16. The molecule has 6 heteroatoms. The Morgan fingerprint density at radius 1 is 1.32 bits per heavy atom. The van der Waals surface area contributed by atoms with Gasteiger partial charge < -0.3 is 16.0 Å². The number of amides is 2. The second kappa shape index (κ2) is 9.20. The summed E-state index contributed by atoms with van der Waals surface area (Å²) in [5.74, 6) is 2.58. The van der Waals surface area contributed by atoms with Crippen LogP contribution in [0.4, 0.5) is 0 Å². The van der Waals surface area contributed by atoms with Crippen LogP contribution in [-0.4, -0.2) is 49.0 Å². The fourth-order valence-corrected chi connectivity index (χ4v) is 2.72. The van der Waals surface area contributed by atoms with Crippen LogP contribution >= 0.6 is 11.8 Å². The van der Waals surface area contributed by atoms with Crippen molar-refractivity contribution in [1.82, 2.24) is 16.0 Å². The zero-order valence-corrected chi connectivity index (χ0v) is 12.6. The first-order valence-corrected chi connectivity index (χ1v) is 8.08. The van der Waals surface area contributed by atoms with Gasteiger partial charge in [-0.15, -0.1) is 0 Å². The van der Waals surface area contributed by atoms with Crippen molar-refractivity contribution in [2.45, 2.75) is 32.7 Å². The maximum Gasteiger partial charge on any atom is 0.221 e. The zero-order chi connectivity index (χ0) is 14.1. The van der Waals surface area contributed by atoms with E-state index in [1.807, 2.05) is 11.8 Å². The summed E-state index contributed by atoms with van der Waals surface area (Å²) in [6.45, 7) is 6.19. The highest BCUT2D eigenvalue weighted by molar-refractivity contribution is 7.99. The van der Waals surface area contributed by atoms with Crippen LogP contribution in [0.1, 0.15) is 26.7 Å². The lowest BCUT2D eigenvalue weighted by atomic mass is 10.2. The predicted octanol–water partition coefficient (Wildman–Crippen LogP) is 0.360. The molecule has 110 valence electrons. The lowest BCUT2D eigenvalue weighted by molar-refractivity contribution is -0.122. The summed E-state index contributed by atoms with van der Waals surface area (Å²) in [5, 5.41) is 8.95. The molecule has 1 atom stereocenters. The third-order valence-electron chi connectivity index (χ3n) is 2.81. The first-order chi connectivity index (χ1) is 9.08. The Balaban J connectivity index is 2.04. The molecule has 1 fully saturated rings. The molecule has 1 aliphatic rings. The Labute approximate surface area is 119 Å². The zero-order valence-electron chi connectivity index (χ0n) is 11.8. The topological polar surface area (TPSA) is 70.2 Å². The van der Waals surface area contributed by atoms with Gasteiger partial charge in [0.25, 0.3) is 0 Å². The molecule has 0 bridgehead atoms. The molecule has 1 aliphatic heterocycles. The van der Waals surface area contributed by atoms with Crippen LogP contribution in [0.3, 0.4) is 0 Å². The van der Waals surface area contributed by atoms with Gasteiger partial charge in [0.05, 0.1) is 0 Å². The SMILES string of the molecule is CC(C)CNC(=O)CCNC(=O)CC1CSCCN1. The van der Waals surface area contributed by atoms with E-state index in [4.69, 9.17) is 0 Å². The predicted molar refractivity (Wildman–Crippen MR) is 79.2 cm³/mol. The minimum Gasteiger partial charge on any atom is -0.356 e. The average molecular weight is 287 g/mol. The standard InChI is InChI=1S/C13H25N3O2S/c1-10(2)8-16-12(17)3-4-15-13(18)7-11-9-19-6-5-14-11/h10-11,14H,3-9H2,1-2H3,(H,15,18)(H,16,17). The van der Waals surface area contributed by atoms with Crippen LogP contribution in [0, 0.1) is 5.92 Å². The Morgan fingerprint density at radius 3 is 2.74 bits per heavy atom. The van der Waals surface area contributed by atoms with E-state index < -0.39 is 0 Å². The Kier molecular flexibility index (Phi) is 7.90. The van der Waals surface area contributed by atoms with Crippen LogP contribution in [-0.2, 0) is 9.59 Å². The normalized spacial score (nSPS) is 19.2. The van der Waals surface area contributed by atoms with Gasteiger partial charge in [0.2, 0.25) is 11.8 Å². The molecule has 2 amide bonds. The summed E-state index contributed by atoms with van der Waals surface area (Å²) in [5.41, 5.74) is 0. The maximum atomic E-state index is 11.7. The lowest BCUT2D eigenvalue weighted by Crippen LogP contribution is -2.41. The van der Waals surface area contributed by atoms with E-state index in [0.717, 1.165) is 18.1 Å². The summed E-state index contributed by atoms with van der Waals surface area (Å²) in [7, 11) is 0. The molecule has 3 N–H and O–H groups in total. The van der Waals surface area contributed by atoms with E-state index in [-0.39, 0.29) is 17.9 Å². The number of hydrogen-bond acceptors (Lipinski definition) is 4. The van der Waals surface area contributed by atoms with E-state index in [2.05, 4.69) is 29.8 Å².